The molecule has 18 heteroatoms. The standard InChI is InChI=1S/C23H25ClN8O4S.C6H6O3S/c1-32-7-6-15-17(10-32)37-23(29-15)21(35)28-16-8-12(22-31-26-11-36-22)2-4-14(16)27-19(33)20(34)30-18-5-3-13(24)9-25-18;7-10(8,9)6-4-2-1-3-5-6/h3,5,9,11-12,14,16H,2,4,6-8,10H2,1H3,(H,27,33)(H,28,35)(H,25,30,34);1-5H,(H,7,8,9)/t12-,14-,16+;/m0./s1. The first-order valence-corrected chi connectivity index (χ1v) is 17.1. The SMILES string of the molecule is CN1CCc2nc(C(=O)N[C@@H]3C[C@@H](c4nnco4)CC[C@@H]3NC(=O)C(=O)Nc3ccc(Cl)cn3)sc2C1.O=S(=O)(O)c1ccccc1. The summed E-state index contributed by atoms with van der Waals surface area (Å²) >= 11 is 7.20. The first-order chi connectivity index (χ1) is 22.5. The Hall–Kier alpha value is -4.29. The summed E-state index contributed by atoms with van der Waals surface area (Å²) in [5, 5.41) is 16.8. The number of carbonyl (C=O) groups is 3. The molecule has 1 aliphatic heterocycles. The average molecular weight is 703 g/mol. The molecule has 248 valence electrons. The summed E-state index contributed by atoms with van der Waals surface area (Å²) in [6.07, 6.45) is 5.02. The van der Waals surface area contributed by atoms with Crippen LogP contribution in [-0.4, -0.2) is 81.4 Å². The Morgan fingerprint density at radius 3 is 2.51 bits per heavy atom. The molecule has 3 atom stereocenters. The first-order valence-electron chi connectivity index (χ1n) is 14.5. The topological polar surface area (TPSA) is 210 Å². The quantitative estimate of drug-likeness (QED) is 0.169. The molecule has 1 aliphatic carbocycles. The molecule has 1 fully saturated rings. The van der Waals surface area contributed by atoms with Crippen molar-refractivity contribution < 1.29 is 31.8 Å². The molecule has 6 rings (SSSR count). The predicted octanol–water partition coefficient (Wildman–Crippen LogP) is 2.69. The highest BCUT2D eigenvalue weighted by Gasteiger charge is 2.37. The van der Waals surface area contributed by atoms with E-state index in [0.29, 0.717) is 35.2 Å². The predicted molar refractivity (Wildman–Crippen MR) is 170 cm³/mol. The Kier molecular flexibility index (Phi) is 10.9. The zero-order valence-electron chi connectivity index (χ0n) is 25.0. The van der Waals surface area contributed by atoms with Crippen molar-refractivity contribution >= 4 is 56.6 Å². The van der Waals surface area contributed by atoms with Crippen molar-refractivity contribution in [3.63, 3.8) is 0 Å². The molecule has 1 saturated carbocycles. The number of halogens is 1. The number of aromatic nitrogens is 4. The molecular formula is C29H31ClN8O7S2. The number of nitrogens with one attached hydrogen (secondary N) is 3. The maximum Gasteiger partial charge on any atom is 0.314 e. The molecule has 47 heavy (non-hydrogen) atoms. The molecule has 4 aromatic rings. The minimum absolute atomic E-state index is 0.0741. The van der Waals surface area contributed by atoms with Gasteiger partial charge in [-0.1, -0.05) is 29.8 Å². The van der Waals surface area contributed by atoms with E-state index in [1.165, 1.54) is 42.1 Å². The third kappa shape index (κ3) is 9.17. The molecular weight excluding hydrogens is 672 g/mol. The molecule has 1 aromatic carbocycles. The number of anilines is 1. The Balaban J connectivity index is 0.000000371. The summed E-state index contributed by atoms with van der Waals surface area (Å²) in [4.78, 5) is 50.1. The monoisotopic (exact) mass is 702 g/mol. The second-order valence-electron chi connectivity index (χ2n) is 10.9. The molecule has 3 aromatic heterocycles. The van der Waals surface area contributed by atoms with E-state index < -0.39 is 34.0 Å². The van der Waals surface area contributed by atoms with Gasteiger partial charge >= 0.3 is 11.8 Å². The number of hydrogen-bond acceptors (Lipinski definition) is 12. The number of amides is 3. The Morgan fingerprint density at radius 2 is 1.85 bits per heavy atom. The highest BCUT2D eigenvalue weighted by Crippen LogP contribution is 2.33. The van der Waals surface area contributed by atoms with Gasteiger partial charge in [-0.25, -0.2) is 9.97 Å². The van der Waals surface area contributed by atoms with Gasteiger partial charge in [0.15, 0.2) is 5.01 Å². The normalized spacial score (nSPS) is 19.4. The van der Waals surface area contributed by atoms with Crippen LogP contribution in [0.5, 0.6) is 0 Å². The van der Waals surface area contributed by atoms with Crippen molar-refractivity contribution in [2.75, 3.05) is 18.9 Å². The van der Waals surface area contributed by atoms with Gasteiger partial charge in [-0.3, -0.25) is 18.9 Å². The van der Waals surface area contributed by atoms with E-state index >= 15 is 0 Å². The van der Waals surface area contributed by atoms with Crippen molar-refractivity contribution in [3.05, 3.63) is 81.5 Å². The zero-order chi connectivity index (χ0) is 33.6. The van der Waals surface area contributed by atoms with E-state index in [2.05, 4.69) is 41.0 Å². The van der Waals surface area contributed by atoms with Crippen LogP contribution in [0, 0.1) is 0 Å². The van der Waals surface area contributed by atoms with Crippen molar-refractivity contribution in [3.8, 4) is 0 Å². The Labute approximate surface area is 278 Å². The lowest BCUT2D eigenvalue weighted by molar-refractivity contribution is -0.136. The summed E-state index contributed by atoms with van der Waals surface area (Å²) in [5.41, 5.74) is 0.956. The van der Waals surface area contributed by atoms with Crippen LogP contribution >= 0.6 is 22.9 Å². The fourth-order valence-corrected chi connectivity index (χ4v) is 6.89. The molecule has 0 saturated heterocycles. The smallest absolute Gasteiger partial charge is 0.314 e. The highest BCUT2D eigenvalue weighted by molar-refractivity contribution is 7.85. The number of carbonyl (C=O) groups excluding carboxylic acids is 3. The van der Waals surface area contributed by atoms with Crippen LogP contribution in [0.25, 0.3) is 0 Å². The molecule has 0 spiro atoms. The second-order valence-corrected chi connectivity index (χ2v) is 13.9. The molecule has 0 radical (unpaired) electrons. The van der Waals surface area contributed by atoms with E-state index in [9.17, 15) is 22.8 Å². The summed E-state index contributed by atoms with van der Waals surface area (Å²) in [6, 6.07) is 9.51. The number of nitrogens with zero attached hydrogens (tertiary/aromatic N) is 5. The van der Waals surface area contributed by atoms with Crippen LogP contribution in [0.15, 0.2) is 64.4 Å². The number of thiazole rings is 1. The van der Waals surface area contributed by atoms with Crippen LogP contribution < -0.4 is 16.0 Å². The minimum atomic E-state index is -4.00. The lowest BCUT2D eigenvalue weighted by Crippen LogP contribution is -2.56. The summed E-state index contributed by atoms with van der Waals surface area (Å²) in [7, 11) is -1.97. The third-order valence-corrected chi connectivity index (χ3v) is 9.71. The number of pyridine rings is 1. The van der Waals surface area contributed by atoms with Gasteiger partial charge in [0, 0.05) is 42.5 Å². The van der Waals surface area contributed by atoms with Gasteiger partial charge in [0.05, 0.1) is 21.7 Å². The van der Waals surface area contributed by atoms with Crippen molar-refractivity contribution in [2.45, 2.75) is 55.1 Å². The van der Waals surface area contributed by atoms with Gasteiger partial charge in [-0.05, 0) is 50.6 Å². The molecule has 0 unspecified atom stereocenters. The van der Waals surface area contributed by atoms with E-state index in [1.54, 1.807) is 24.3 Å². The van der Waals surface area contributed by atoms with Crippen LogP contribution in [0.4, 0.5) is 5.82 Å². The molecule has 0 bridgehead atoms. The van der Waals surface area contributed by atoms with Gasteiger partial charge in [0.1, 0.15) is 5.82 Å². The molecule has 3 amide bonds. The third-order valence-electron chi connectivity index (χ3n) is 7.54. The van der Waals surface area contributed by atoms with Gasteiger partial charge in [0.2, 0.25) is 12.3 Å². The van der Waals surface area contributed by atoms with Crippen LogP contribution in [0.1, 0.15) is 51.4 Å². The summed E-state index contributed by atoms with van der Waals surface area (Å²) in [6.45, 7) is 1.66. The number of benzene rings is 1. The van der Waals surface area contributed by atoms with Gasteiger partial charge in [-0.2, -0.15) is 8.42 Å². The number of likely N-dealkylation sites (N-methyl/N-ethyl adjacent to an activating group) is 1. The molecule has 4 N–H and O–H groups in total. The number of hydrogen-bond donors (Lipinski definition) is 4. The highest BCUT2D eigenvalue weighted by atomic mass is 35.5. The van der Waals surface area contributed by atoms with Crippen molar-refractivity contribution in [1.29, 1.82) is 0 Å². The lowest BCUT2D eigenvalue weighted by atomic mass is 9.82. The fraction of sp³-hybridized carbons (Fsp3) is 0.345. The molecule has 4 heterocycles. The van der Waals surface area contributed by atoms with Crippen LogP contribution in [0.3, 0.4) is 0 Å². The van der Waals surface area contributed by atoms with E-state index in [4.69, 9.17) is 20.6 Å². The average Bonchev–Trinajstić information content (AvgIpc) is 3.74. The maximum atomic E-state index is 13.2. The summed E-state index contributed by atoms with van der Waals surface area (Å²) < 4.78 is 34.6. The number of fused-ring (bicyclic) bond motifs is 1. The summed E-state index contributed by atoms with van der Waals surface area (Å²) in [5.74, 6) is -1.42. The van der Waals surface area contributed by atoms with Crippen molar-refractivity contribution in [1.82, 2.24) is 35.7 Å². The van der Waals surface area contributed by atoms with E-state index in [1.807, 2.05) is 7.05 Å². The fourth-order valence-electron chi connectivity index (χ4n) is 5.19. The number of rotatable bonds is 6. The van der Waals surface area contributed by atoms with E-state index in [0.717, 1.165) is 30.1 Å². The van der Waals surface area contributed by atoms with Crippen LogP contribution in [-0.2, 0) is 32.7 Å². The largest absolute Gasteiger partial charge is 0.428 e. The zero-order valence-corrected chi connectivity index (χ0v) is 27.4. The van der Waals surface area contributed by atoms with Crippen molar-refractivity contribution in [2.24, 2.45) is 0 Å². The van der Waals surface area contributed by atoms with Gasteiger partial charge < -0.3 is 25.3 Å². The molecule has 15 nitrogen and oxygen atoms in total. The molecule has 2 aliphatic rings. The van der Waals surface area contributed by atoms with Gasteiger partial charge in [-0.15, -0.1) is 21.5 Å². The first kappa shape index (κ1) is 34.1. The Morgan fingerprint density at radius 1 is 1.06 bits per heavy atom. The van der Waals surface area contributed by atoms with E-state index in [-0.39, 0.29) is 22.5 Å². The Bertz CT molecular complexity index is 1810. The van der Waals surface area contributed by atoms with Gasteiger partial charge in [0.25, 0.3) is 16.0 Å². The maximum absolute atomic E-state index is 13.2. The van der Waals surface area contributed by atoms with Crippen LogP contribution in [0.2, 0.25) is 5.02 Å². The second kappa shape index (κ2) is 15.1. The lowest BCUT2D eigenvalue weighted by Gasteiger charge is -2.35. The minimum Gasteiger partial charge on any atom is -0.428 e.